The van der Waals surface area contributed by atoms with Crippen LogP contribution in [0, 0.1) is 0 Å². The lowest BCUT2D eigenvalue weighted by Gasteiger charge is -2.42. The van der Waals surface area contributed by atoms with Crippen LogP contribution in [0.3, 0.4) is 0 Å². The molecule has 0 saturated carbocycles. The molecule has 2 fully saturated rings. The second kappa shape index (κ2) is 8.49. The molecule has 0 bridgehead atoms. The number of piperidine rings is 1. The van der Waals surface area contributed by atoms with Crippen molar-refractivity contribution in [1.82, 2.24) is 14.7 Å². The zero-order valence-electron chi connectivity index (χ0n) is 14.2. The van der Waals surface area contributed by atoms with Crippen LogP contribution in [0.1, 0.15) is 32.6 Å². The van der Waals surface area contributed by atoms with Crippen molar-refractivity contribution in [2.45, 2.75) is 44.7 Å². The Morgan fingerprint density at radius 3 is 2.57 bits per heavy atom. The van der Waals surface area contributed by atoms with Gasteiger partial charge in [0.15, 0.2) is 0 Å². The van der Waals surface area contributed by atoms with E-state index in [1.54, 1.807) is 14.0 Å². The Balaban J connectivity index is 1.93. The molecule has 2 saturated heterocycles. The molecule has 1 unspecified atom stereocenters. The summed E-state index contributed by atoms with van der Waals surface area (Å²) < 4.78 is 5.31. The molecule has 2 atom stereocenters. The number of hydrogen-bond donors (Lipinski definition) is 1. The lowest BCUT2D eigenvalue weighted by Crippen LogP contribution is -2.60. The molecule has 2 aliphatic heterocycles. The number of carbonyl (C=O) groups excluding carboxylic acids is 1. The maximum absolute atomic E-state index is 12.6. The monoisotopic (exact) mass is 327 g/mol. The minimum Gasteiger partial charge on any atom is -0.465 e. The molecule has 2 aliphatic rings. The quantitative estimate of drug-likeness (QED) is 0.790. The van der Waals surface area contributed by atoms with Gasteiger partial charge in [0, 0.05) is 26.7 Å². The molecular weight excluding hydrogens is 298 g/mol. The van der Waals surface area contributed by atoms with Gasteiger partial charge in [0.05, 0.1) is 12.6 Å². The van der Waals surface area contributed by atoms with Crippen molar-refractivity contribution in [3.8, 4) is 0 Å². The maximum atomic E-state index is 12.6. The van der Waals surface area contributed by atoms with Gasteiger partial charge in [0.1, 0.15) is 6.04 Å². The Labute approximate surface area is 138 Å². The summed E-state index contributed by atoms with van der Waals surface area (Å²) >= 11 is 0. The number of methoxy groups -OCH3 is 1. The van der Waals surface area contributed by atoms with E-state index in [-0.39, 0.29) is 11.9 Å². The summed E-state index contributed by atoms with van der Waals surface area (Å²) in [6, 6.07) is -0.594. The van der Waals surface area contributed by atoms with Gasteiger partial charge in [-0.3, -0.25) is 9.69 Å². The SMILES string of the molecule is COC[C@H](CCN1CCCCC1)N1CCN(C(=O)O)C(C)C1=O. The van der Waals surface area contributed by atoms with E-state index in [0.717, 1.165) is 26.1 Å². The Kier molecular flexibility index (Phi) is 6.65. The molecule has 0 aromatic heterocycles. The normalized spacial score (nSPS) is 24.8. The third kappa shape index (κ3) is 4.57. The highest BCUT2D eigenvalue weighted by Gasteiger charge is 2.37. The van der Waals surface area contributed by atoms with E-state index in [9.17, 15) is 9.59 Å². The number of hydrogen-bond acceptors (Lipinski definition) is 4. The highest BCUT2D eigenvalue weighted by Crippen LogP contribution is 2.18. The molecule has 2 amide bonds. The summed E-state index contributed by atoms with van der Waals surface area (Å²) in [5.74, 6) is -0.112. The lowest BCUT2D eigenvalue weighted by molar-refractivity contribution is -0.144. The molecular formula is C16H29N3O4. The number of carbonyl (C=O) groups is 2. The summed E-state index contributed by atoms with van der Waals surface area (Å²) in [5.41, 5.74) is 0. The molecule has 0 radical (unpaired) electrons. The Bertz CT molecular complexity index is 412. The first-order valence-electron chi connectivity index (χ1n) is 8.56. The van der Waals surface area contributed by atoms with Crippen LogP contribution >= 0.6 is 0 Å². The first kappa shape index (κ1) is 18.0. The third-order valence-corrected chi connectivity index (χ3v) is 4.96. The van der Waals surface area contributed by atoms with Gasteiger partial charge in [-0.05, 0) is 39.3 Å². The third-order valence-electron chi connectivity index (χ3n) is 4.96. The molecule has 1 N–H and O–H groups in total. The van der Waals surface area contributed by atoms with Gasteiger partial charge in [0.2, 0.25) is 5.91 Å². The summed E-state index contributed by atoms with van der Waals surface area (Å²) in [6.45, 7) is 6.22. The standard InChI is InChI=1S/C16H29N3O4/c1-13-15(20)19(11-10-18(13)16(21)22)14(12-23-2)6-9-17-7-4-3-5-8-17/h13-14H,3-12H2,1-2H3,(H,21,22)/t13?,14-/m0/s1. The van der Waals surface area contributed by atoms with E-state index in [1.807, 2.05) is 4.90 Å². The van der Waals surface area contributed by atoms with Crippen molar-refractivity contribution in [2.24, 2.45) is 0 Å². The van der Waals surface area contributed by atoms with Crippen molar-refractivity contribution in [2.75, 3.05) is 46.4 Å². The molecule has 0 aromatic rings. The first-order chi connectivity index (χ1) is 11.0. The Morgan fingerprint density at radius 2 is 1.96 bits per heavy atom. The number of likely N-dealkylation sites (tertiary alicyclic amines) is 1. The van der Waals surface area contributed by atoms with Crippen LogP contribution in [-0.4, -0.2) is 90.3 Å². The summed E-state index contributed by atoms with van der Waals surface area (Å²) in [4.78, 5) is 29.2. The van der Waals surface area contributed by atoms with E-state index in [4.69, 9.17) is 9.84 Å². The smallest absolute Gasteiger partial charge is 0.408 e. The summed E-state index contributed by atoms with van der Waals surface area (Å²) in [7, 11) is 1.65. The average Bonchev–Trinajstić information content (AvgIpc) is 2.55. The van der Waals surface area contributed by atoms with Gasteiger partial charge in [0.25, 0.3) is 0 Å². The molecule has 132 valence electrons. The van der Waals surface area contributed by atoms with Crippen LogP contribution in [0.5, 0.6) is 0 Å². The Hall–Kier alpha value is -1.34. The minimum atomic E-state index is -1.03. The highest BCUT2D eigenvalue weighted by molar-refractivity contribution is 5.86. The van der Waals surface area contributed by atoms with Gasteiger partial charge in [-0.2, -0.15) is 0 Å². The van der Waals surface area contributed by atoms with Crippen LogP contribution in [-0.2, 0) is 9.53 Å². The van der Waals surface area contributed by atoms with Crippen molar-refractivity contribution < 1.29 is 19.4 Å². The second-order valence-corrected chi connectivity index (χ2v) is 6.48. The molecule has 0 aromatic carbocycles. The fraction of sp³-hybridized carbons (Fsp3) is 0.875. The van der Waals surface area contributed by atoms with Crippen molar-refractivity contribution >= 4 is 12.0 Å². The van der Waals surface area contributed by atoms with Gasteiger partial charge in [-0.15, -0.1) is 0 Å². The Morgan fingerprint density at radius 1 is 1.26 bits per heavy atom. The van der Waals surface area contributed by atoms with Crippen molar-refractivity contribution in [3.63, 3.8) is 0 Å². The van der Waals surface area contributed by atoms with Crippen LogP contribution in [0.2, 0.25) is 0 Å². The molecule has 0 aliphatic carbocycles. The van der Waals surface area contributed by atoms with E-state index < -0.39 is 12.1 Å². The lowest BCUT2D eigenvalue weighted by atomic mass is 10.1. The van der Waals surface area contributed by atoms with Crippen molar-refractivity contribution in [3.05, 3.63) is 0 Å². The molecule has 7 heteroatoms. The van der Waals surface area contributed by atoms with Crippen LogP contribution in [0.15, 0.2) is 0 Å². The first-order valence-corrected chi connectivity index (χ1v) is 8.56. The van der Waals surface area contributed by atoms with E-state index >= 15 is 0 Å². The molecule has 7 nitrogen and oxygen atoms in total. The fourth-order valence-electron chi connectivity index (χ4n) is 3.55. The predicted molar refractivity (Wildman–Crippen MR) is 86.5 cm³/mol. The number of piperazine rings is 1. The van der Waals surface area contributed by atoms with E-state index in [0.29, 0.717) is 19.7 Å². The fourth-order valence-corrected chi connectivity index (χ4v) is 3.55. The number of ether oxygens (including phenoxy) is 1. The van der Waals surface area contributed by atoms with Gasteiger partial charge >= 0.3 is 6.09 Å². The largest absolute Gasteiger partial charge is 0.465 e. The molecule has 2 rings (SSSR count). The van der Waals surface area contributed by atoms with Crippen molar-refractivity contribution in [1.29, 1.82) is 0 Å². The second-order valence-electron chi connectivity index (χ2n) is 6.48. The zero-order chi connectivity index (χ0) is 16.8. The topological polar surface area (TPSA) is 73.3 Å². The minimum absolute atomic E-state index is 0.0211. The highest BCUT2D eigenvalue weighted by atomic mass is 16.5. The number of amides is 2. The summed E-state index contributed by atoms with van der Waals surface area (Å²) in [5, 5.41) is 9.15. The van der Waals surface area contributed by atoms with Crippen LogP contribution in [0.25, 0.3) is 0 Å². The van der Waals surface area contributed by atoms with Crippen LogP contribution in [0.4, 0.5) is 4.79 Å². The number of nitrogens with zero attached hydrogens (tertiary/aromatic N) is 3. The molecule has 2 heterocycles. The van der Waals surface area contributed by atoms with E-state index in [1.165, 1.54) is 24.2 Å². The predicted octanol–water partition coefficient (Wildman–Crippen LogP) is 1.09. The number of carboxylic acid groups (broad SMARTS) is 1. The van der Waals surface area contributed by atoms with Gasteiger partial charge in [-0.1, -0.05) is 6.42 Å². The van der Waals surface area contributed by atoms with Gasteiger partial charge in [-0.25, -0.2) is 4.79 Å². The summed E-state index contributed by atoms with van der Waals surface area (Å²) in [6.07, 6.45) is 3.66. The average molecular weight is 327 g/mol. The maximum Gasteiger partial charge on any atom is 0.408 e. The zero-order valence-corrected chi connectivity index (χ0v) is 14.2. The van der Waals surface area contributed by atoms with Crippen LogP contribution < -0.4 is 0 Å². The molecule has 23 heavy (non-hydrogen) atoms. The van der Waals surface area contributed by atoms with Gasteiger partial charge < -0.3 is 19.6 Å². The number of rotatable bonds is 6. The molecule has 0 spiro atoms. The van der Waals surface area contributed by atoms with E-state index in [2.05, 4.69) is 4.90 Å².